The number of carbonyl (C=O) groups is 1. The van der Waals surface area contributed by atoms with Gasteiger partial charge in [-0.2, -0.15) is 0 Å². The van der Waals surface area contributed by atoms with E-state index < -0.39 is 11.7 Å². The van der Waals surface area contributed by atoms with Crippen LogP contribution in [0.1, 0.15) is 32.4 Å². The molecule has 23 heavy (non-hydrogen) atoms. The Hall–Kier alpha value is -1.79. The zero-order valence-corrected chi connectivity index (χ0v) is 14.6. The van der Waals surface area contributed by atoms with E-state index in [1.165, 1.54) is 0 Å². The Labute approximate surface area is 138 Å². The highest BCUT2D eigenvalue weighted by molar-refractivity contribution is 5.86. The number of piperazine rings is 1. The van der Waals surface area contributed by atoms with Gasteiger partial charge in [0.05, 0.1) is 7.11 Å². The number of hydrogen-bond acceptors (Lipinski definition) is 5. The first kappa shape index (κ1) is 17.6. The highest BCUT2D eigenvalue weighted by Gasteiger charge is 2.25. The number of anilines is 1. The fourth-order valence-corrected chi connectivity index (χ4v) is 2.62. The highest BCUT2D eigenvalue weighted by Crippen LogP contribution is 2.31. The van der Waals surface area contributed by atoms with E-state index in [9.17, 15) is 4.79 Å². The molecule has 6 nitrogen and oxygen atoms in total. The molecule has 1 atom stereocenters. The summed E-state index contributed by atoms with van der Waals surface area (Å²) in [5, 5.41) is 6.26. The molecule has 1 heterocycles. The summed E-state index contributed by atoms with van der Waals surface area (Å²) in [5.41, 5.74) is 1.24. The van der Waals surface area contributed by atoms with Gasteiger partial charge in [0.25, 0.3) is 0 Å². The van der Waals surface area contributed by atoms with E-state index in [0.717, 1.165) is 36.6 Å². The van der Waals surface area contributed by atoms with Gasteiger partial charge in [-0.05, 0) is 51.6 Å². The molecule has 6 heteroatoms. The van der Waals surface area contributed by atoms with Crippen molar-refractivity contribution in [3.63, 3.8) is 0 Å². The molecule has 1 saturated heterocycles. The van der Waals surface area contributed by atoms with E-state index in [0.29, 0.717) is 0 Å². The third-order valence-electron chi connectivity index (χ3n) is 3.76. The number of benzene rings is 1. The van der Waals surface area contributed by atoms with E-state index in [-0.39, 0.29) is 6.04 Å². The van der Waals surface area contributed by atoms with Crippen LogP contribution >= 0.6 is 0 Å². The molecule has 0 saturated carbocycles. The average Bonchev–Trinajstić information content (AvgIpc) is 2.46. The number of methoxy groups -OCH3 is 1. The molecule has 0 bridgehead atoms. The second-order valence-electron chi connectivity index (χ2n) is 6.78. The Morgan fingerprint density at radius 3 is 2.74 bits per heavy atom. The molecule has 1 amide bonds. The van der Waals surface area contributed by atoms with E-state index in [1.54, 1.807) is 7.11 Å². The highest BCUT2D eigenvalue weighted by atomic mass is 16.6. The zero-order valence-electron chi connectivity index (χ0n) is 14.6. The normalized spacial score (nSPS) is 19.3. The monoisotopic (exact) mass is 321 g/mol. The minimum absolute atomic E-state index is 0.170. The van der Waals surface area contributed by atoms with Gasteiger partial charge >= 0.3 is 6.09 Å². The molecule has 0 spiro atoms. The SMILES string of the molecule is COc1ccc(NC(=O)OC(C)(C)C)c(C2CNCCN2C)c1. The lowest BCUT2D eigenvalue weighted by Gasteiger charge is -2.34. The van der Waals surface area contributed by atoms with Crippen LogP contribution < -0.4 is 15.4 Å². The van der Waals surface area contributed by atoms with Gasteiger partial charge in [-0.25, -0.2) is 4.79 Å². The van der Waals surface area contributed by atoms with Crippen molar-refractivity contribution in [1.29, 1.82) is 0 Å². The van der Waals surface area contributed by atoms with Crippen LogP contribution in [0.15, 0.2) is 18.2 Å². The molecule has 1 fully saturated rings. The number of rotatable bonds is 3. The maximum atomic E-state index is 12.1. The van der Waals surface area contributed by atoms with Crippen molar-refractivity contribution < 1.29 is 14.3 Å². The van der Waals surface area contributed by atoms with Gasteiger partial charge in [-0.15, -0.1) is 0 Å². The van der Waals surface area contributed by atoms with Gasteiger partial charge in [-0.3, -0.25) is 10.2 Å². The summed E-state index contributed by atoms with van der Waals surface area (Å²) in [4.78, 5) is 14.4. The van der Waals surface area contributed by atoms with Crippen molar-refractivity contribution in [2.45, 2.75) is 32.4 Å². The van der Waals surface area contributed by atoms with Gasteiger partial charge < -0.3 is 14.8 Å². The predicted octanol–water partition coefficient (Wildman–Crippen LogP) is 2.62. The van der Waals surface area contributed by atoms with Crippen LogP contribution in [-0.4, -0.2) is 50.4 Å². The molecule has 2 rings (SSSR count). The van der Waals surface area contributed by atoms with Crippen LogP contribution in [0.2, 0.25) is 0 Å². The molecule has 0 aromatic heterocycles. The van der Waals surface area contributed by atoms with Crippen LogP contribution in [-0.2, 0) is 4.74 Å². The number of ether oxygens (including phenoxy) is 2. The predicted molar refractivity (Wildman–Crippen MR) is 91.1 cm³/mol. The molecular formula is C17H27N3O3. The maximum Gasteiger partial charge on any atom is 0.412 e. The average molecular weight is 321 g/mol. The lowest BCUT2D eigenvalue weighted by Crippen LogP contribution is -2.44. The summed E-state index contributed by atoms with van der Waals surface area (Å²) in [6.45, 7) is 8.28. The van der Waals surface area contributed by atoms with E-state index in [4.69, 9.17) is 9.47 Å². The van der Waals surface area contributed by atoms with Crippen molar-refractivity contribution in [2.75, 3.05) is 39.1 Å². The number of hydrogen-bond donors (Lipinski definition) is 2. The van der Waals surface area contributed by atoms with Gasteiger partial charge in [0.1, 0.15) is 11.4 Å². The minimum atomic E-state index is -0.528. The third kappa shape index (κ3) is 4.84. The first-order valence-corrected chi connectivity index (χ1v) is 7.89. The molecular weight excluding hydrogens is 294 g/mol. The Balaban J connectivity index is 2.26. The number of amides is 1. The third-order valence-corrected chi connectivity index (χ3v) is 3.76. The Kier molecular flexibility index (Phi) is 5.49. The Morgan fingerprint density at radius 2 is 2.13 bits per heavy atom. The van der Waals surface area contributed by atoms with Crippen molar-refractivity contribution in [1.82, 2.24) is 10.2 Å². The van der Waals surface area contributed by atoms with Crippen LogP contribution in [0, 0.1) is 0 Å². The van der Waals surface area contributed by atoms with Gasteiger partial charge in [0.15, 0.2) is 0 Å². The molecule has 0 aliphatic carbocycles. The summed E-state index contributed by atoms with van der Waals surface area (Å²) >= 11 is 0. The summed E-state index contributed by atoms with van der Waals surface area (Å²) in [6.07, 6.45) is -0.449. The van der Waals surface area contributed by atoms with Crippen molar-refractivity contribution >= 4 is 11.8 Å². The van der Waals surface area contributed by atoms with Crippen LogP contribution in [0.5, 0.6) is 5.75 Å². The molecule has 2 N–H and O–H groups in total. The van der Waals surface area contributed by atoms with E-state index in [2.05, 4.69) is 22.6 Å². The number of likely N-dealkylation sites (N-methyl/N-ethyl adjacent to an activating group) is 1. The molecule has 1 aliphatic rings. The molecule has 0 radical (unpaired) electrons. The molecule has 128 valence electrons. The van der Waals surface area contributed by atoms with Gasteiger partial charge in [0, 0.05) is 31.4 Å². The lowest BCUT2D eigenvalue weighted by molar-refractivity contribution is 0.0635. The summed E-state index contributed by atoms with van der Waals surface area (Å²) in [7, 11) is 3.73. The number of nitrogens with one attached hydrogen (secondary N) is 2. The van der Waals surface area contributed by atoms with Crippen LogP contribution in [0.3, 0.4) is 0 Å². The van der Waals surface area contributed by atoms with Gasteiger partial charge in [0.2, 0.25) is 0 Å². The number of carbonyl (C=O) groups excluding carboxylic acids is 1. The number of nitrogens with zero attached hydrogens (tertiary/aromatic N) is 1. The maximum absolute atomic E-state index is 12.1. The summed E-state index contributed by atoms with van der Waals surface area (Å²) < 4.78 is 10.7. The molecule has 1 aromatic rings. The molecule has 1 aromatic carbocycles. The standard InChI is InChI=1S/C17H27N3O3/c1-17(2,3)23-16(21)19-14-7-6-12(22-5)10-13(14)15-11-18-8-9-20(15)4/h6-7,10,15,18H,8-9,11H2,1-5H3,(H,19,21). The zero-order chi connectivity index (χ0) is 17.0. The largest absolute Gasteiger partial charge is 0.497 e. The van der Waals surface area contributed by atoms with E-state index in [1.807, 2.05) is 39.0 Å². The fourth-order valence-electron chi connectivity index (χ4n) is 2.62. The topological polar surface area (TPSA) is 62.8 Å². The second-order valence-corrected chi connectivity index (χ2v) is 6.78. The van der Waals surface area contributed by atoms with Crippen LogP contribution in [0.4, 0.5) is 10.5 Å². The smallest absolute Gasteiger partial charge is 0.412 e. The van der Waals surface area contributed by atoms with Crippen molar-refractivity contribution in [3.05, 3.63) is 23.8 Å². The molecule has 1 aliphatic heterocycles. The van der Waals surface area contributed by atoms with Gasteiger partial charge in [-0.1, -0.05) is 0 Å². The van der Waals surface area contributed by atoms with Crippen LogP contribution in [0.25, 0.3) is 0 Å². The quantitative estimate of drug-likeness (QED) is 0.896. The fraction of sp³-hybridized carbons (Fsp3) is 0.588. The first-order chi connectivity index (χ1) is 10.8. The molecule has 1 unspecified atom stereocenters. The minimum Gasteiger partial charge on any atom is -0.497 e. The van der Waals surface area contributed by atoms with Crippen molar-refractivity contribution in [3.8, 4) is 5.75 Å². The second kappa shape index (κ2) is 7.19. The van der Waals surface area contributed by atoms with E-state index >= 15 is 0 Å². The summed E-state index contributed by atoms with van der Waals surface area (Å²) in [5.74, 6) is 0.772. The first-order valence-electron chi connectivity index (χ1n) is 7.89. The Morgan fingerprint density at radius 1 is 1.39 bits per heavy atom. The van der Waals surface area contributed by atoms with Crippen molar-refractivity contribution in [2.24, 2.45) is 0 Å². The Bertz CT molecular complexity index is 555. The lowest BCUT2D eigenvalue weighted by atomic mass is 10.0. The summed E-state index contributed by atoms with van der Waals surface area (Å²) in [6, 6.07) is 5.84.